The number of benzene rings is 3. The SMILES string of the molecule is Cc1ccc(NC(=O)Cn2ncc3c4ccccc4n(Cc4ccccc4)c3c2=O)cc1C. The third-order valence-corrected chi connectivity index (χ3v) is 6.04. The highest BCUT2D eigenvalue weighted by molar-refractivity contribution is 6.07. The lowest BCUT2D eigenvalue weighted by molar-refractivity contribution is -0.117. The predicted octanol–water partition coefficient (Wildman–Crippen LogP) is 4.66. The number of nitrogens with one attached hydrogen (secondary N) is 1. The first-order valence-corrected chi connectivity index (χ1v) is 10.9. The average Bonchev–Trinajstić information content (AvgIpc) is 3.13. The summed E-state index contributed by atoms with van der Waals surface area (Å²) in [5.41, 5.74) is 5.28. The first-order chi connectivity index (χ1) is 16.0. The van der Waals surface area contributed by atoms with Gasteiger partial charge in [-0.15, -0.1) is 0 Å². The molecule has 164 valence electrons. The number of nitrogens with zero attached hydrogens (tertiary/aromatic N) is 3. The number of hydrogen-bond donors (Lipinski definition) is 1. The van der Waals surface area contributed by atoms with Crippen molar-refractivity contribution >= 4 is 33.4 Å². The van der Waals surface area contributed by atoms with Crippen LogP contribution in [0, 0.1) is 13.8 Å². The van der Waals surface area contributed by atoms with E-state index in [9.17, 15) is 9.59 Å². The first kappa shape index (κ1) is 20.7. The standard InChI is InChI=1S/C27H24N4O2/c1-18-12-13-21(14-19(18)2)29-25(32)17-31-27(33)26-23(15-28-31)22-10-6-7-11-24(22)30(26)16-20-8-4-3-5-9-20/h3-15H,16-17H2,1-2H3,(H,29,32). The molecule has 0 fully saturated rings. The number of aromatic nitrogens is 3. The van der Waals surface area contributed by atoms with Crippen LogP contribution in [0.15, 0.2) is 83.8 Å². The van der Waals surface area contributed by atoms with Crippen LogP contribution < -0.4 is 10.9 Å². The molecule has 0 aliphatic rings. The Bertz CT molecular complexity index is 1550. The molecule has 0 spiro atoms. The van der Waals surface area contributed by atoms with E-state index in [-0.39, 0.29) is 18.0 Å². The van der Waals surface area contributed by atoms with E-state index in [0.717, 1.165) is 33.0 Å². The smallest absolute Gasteiger partial charge is 0.291 e. The third-order valence-electron chi connectivity index (χ3n) is 6.04. The topological polar surface area (TPSA) is 68.9 Å². The van der Waals surface area contributed by atoms with Gasteiger partial charge in [0.2, 0.25) is 5.91 Å². The zero-order valence-electron chi connectivity index (χ0n) is 18.6. The van der Waals surface area contributed by atoms with E-state index in [0.29, 0.717) is 17.7 Å². The summed E-state index contributed by atoms with van der Waals surface area (Å²) in [4.78, 5) is 26.2. The number of amides is 1. The second-order valence-electron chi connectivity index (χ2n) is 8.31. The molecular weight excluding hydrogens is 412 g/mol. The second-order valence-corrected chi connectivity index (χ2v) is 8.31. The van der Waals surface area contributed by atoms with Gasteiger partial charge >= 0.3 is 0 Å². The van der Waals surface area contributed by atoms with Crippen LogP contribution in [0.3, 0.4) is 0 Å². The molecule has 0 radical (unpaired) electrons. The molecule has 2 heterocycles. The van der Waals surface area contributed by atoms with E-state index in [1.54, 1.807) is 6.20 Å². The van der Waals surface area contributed by atoms with Gasteiger partial charge in [-0.1, -0.05) is 54.6 Å². The molecule has 0 aliphatic heterocycles. The van der Waals surface area contributed by atoms with Crippen LogP contribution in [0.4, 0.5) is 5.69 Å². The number of carbonyl (C=O) groups excluding carboxylic acids is 1. The number of anilines is 1. The van der Waals surface area contributed by atoms with Gasteiger partial charge in [0, 0.05) is 28.5 Å². The molecular formula is C27H24N4O2. The molecule has 0 saturated carbocycles. The largest absolute Gasteiger partial charge is 0.331 e. The van der Waals surface area contributed by atoms with Crippen LogP contribution >= 0.6 is 0 Å². The second kappa shape index (κ2) is 8.39. The van der Waals surface area contributed by atoms with Gasteiger partial charge in [-0.25, -0.2) is 4.68 Å². The molecule has 1 N–H and O–H groups in total. The fourth-order valence-electron chi connectivity index (χ4n) is 4.19. The van der Waals surface area contributed by atoms with Crippen molar-refractivity contribution in [2.75, 3.05) is 5.32 Å². The highest BCUT2D eigenvalue weighted by atomic mass is 16.2. The molecule has 5 rings (SSSR count). The summed E-state index contributed by atoms with van der Waals surface area (Å²) in [6.45, 7) is 4.41. The number of hydrogen-bond acceptors (Lipinski definition) is 3. The molecule has 0 aliphatic carbocycles. The Morgan fingerprint density at radius 3 is 2.45 bits per heavy atom. The average molecular weight is 437 g/mol. The van der Waals surface area contributed by atoms with Gasteiger partial charge in [0.15, 0.2) is 0 Å². The minimum atomic E-state index is -0.294. The van der Waals surface area contributed by atoms with Crippen molar-refractivity contribution < 1.29 is 4.79 Å². The van der Waals surface area contributed by atoms with Crippen LogP contribution in [0.2, 0.25) is 0 Å². The van der Waals surface area contributed by atoms with Crippen molar-refractivity contribution in [1.29, 1.82) is 0 Å². The third kappa shape index (κ3) is 3.91. The van der Waals surface area contributed by atoms with Crippen LogP contribution in [-0.2, 0) is 17.9 Å². The van der Waals surface area contributed by atoms with E-state index >= 15 is 0 Å². The Kier molecular flexibility index (Phi) is 5.26. The molecule has 0 bridgehead atoms. The van der Waals surface area contributed by atoms with E-state index < -0.39 is 0 Å². The van der Waals surface area contributed by atoms with E-state index in [4.69, 9.17) is 0 Å². The first-order valence-electron chi connectivity index (χ1n) is 10.9. The summed E-state index contributed by atoms with van der Waals surface area (Å²) >= 11 is 0. The van der Waals surface area contributed by atoms with Crippen molar-refractivity contribution in [2.24, 2.45) is 0 Å². The minimum Gasteiger partial charge on any atom is -0.331 e. The number of aryl methyl sites for hydroxylation is 2. The van der Waals surface area contributed by atoms with Gasteiger partial charge in [0.05, 0.1) is 6.20 Å². The Balaban J connectivity index is 1.54. The van der Waals surface area contributed by atoms with Crippen molar-refractivity contribution in [3.8, 4) is 0 Å². The van der Waals surface area contributed by atoms with Crippen molar-refractivity contribution in [2.45, 2.75) is 26.9 Å². The highest BCUT2D eigenvalue weighted by Crippen LogP contribution is 2.27. The number of fused-ring (bicyclic) bond motifs is 3. The Labute approximate surface area is 191 Å². The molecule has 2 aromatic heterocycles. The molecule has 0 unspecified atom stereocenters. The molecule has 6 nitrogen and oxygen atoms in total. The lowest BCUT2D eigenvalue weighted by atomic mass is 10.1. The fourth-order valence-corrected chi connectivity index (χ4v) is 4.19. The van der Waals surface area contributed by atoms with Crippen LogP contribution in [0.1, 0.15) is 16.7 Å². The van der Waals surface area contributed by atoms with Crippen LogP contribution in [-0.4, -0.2) is 20.3 Å². The molecule has 1 amide bonds. The van der Waals surface area contributed by atoms with E-state index in [2.05, 4.69) is 10.4 Å². The Hall–Kier alpha value is -4.19. The summed E-state index contributed by atoms with van der Waals surface area (Å²) in [5, 5.41) is 8.95. The van der Waals surface area contributed by atoms with Crippen molar-refractivity contribution in [3.05, 3.63) is 106 Å². The maximum absolute atomic E-state index is 13.5. The maximum Gasteiger partial charge on any atom is 0.291 e. The predicted molar refractivity (Wildman–Crippen MR) is 132 cm³/mol. The van der Waals surface area contributed by atoms with Gasteiger partial charge in [-0.05, 0) is 48.7 Å². The van der Waals surface area contributed by atoms with Gasteiger partial charge < -0.3 is 9.88 Å². The molecule has 5 aromatic rings. The fraction of sp³-hybridized carbons (Fsp3) is 0.148. The zero-order valence-corrected chi connectivity index (χ0v) is 18.6. The molecule has 0 atom stereocenters. The monoisotopic (exact) mass is 436 g/mol. The summed E-state index contributed by atoms with van der Waals surface area (Å²) < 4.78 is 3.25. The lowest BCUT2D eigenvalue weighted by Crippen LogP contribution is -2.30. The molecule has 3 aromatic carbocycles. The maximum atomic E-state index is 13.5. The van der Waals surface area contributed by atoms with Gasteiger partial charge in [0.1, 0.15) is 12.1 Å². The number of carbonyl (C=O) groups is 1. The van der Waals surface area contributed by atoms with E-state index in [1.165, 1.54) is 4.68 Å². The van der Waals surface area contributed by atoms with Gasteiger partial charge in [-0.2, -0.15) is 5.10 Å². The zero-order chi connectivity index (χ0) is 22.9. The van der Waals surface area contributed by atoms with Crippen molar-refractivity contribution in [3.63, 3.8) is 0 Å². The van der Waals surface area contributed by atoms with E-state index in [1.807, 2.05) is 91.2 Å². The van der Waals surface area contributed by atoms with Crippen molar-refractivity contribution in [1.82, 2.24) is 14.3 Å². The Morgan fingerprint density at radius 2 is 1.67 bits per heavy atom. The Morgan fingerprint density at radius 1 is 0.909 bits per heavy atom. The molecule has 0 saturated heterocycles. The lowest BCUT2D eigenvalue weighted by Gasteiger charge is -2.10. The van der Waals surface area contributed by atoms with Gasteiger partial charge in [0.25, 0.3) is 5.56 Å². The molecule has 6 heteroatoms. The summed E-state index contributed by atoms with van der Waals surface area (Å²) in [5.74, 6) is -0.294. The summed E-state index contributed by atoms with van der Waals surface area (Å²) in [7, 11) is 0. The number of rotatable bonds is 5. The number of para-hydroxylation sites is 1. The van der Waals surface area contributed by atoms with Gasteiger partial charge in [-0.3, -0.25) is 9.59 Å². The summed E-state index contributed by atoms with van der Waals surface area (Å²) in [6, 6.07) is 23.7. The minimum absolute atomic E-state index is 0.158. The van der Waals surface area contributed by atoms with Crippen LogP contribution in [0.5, 0.6) is 0 Å². The normalized spacial score (nSPS) is 11.2. The highest BCUT2D eigenvalue weighted by Gasteiger charge is 2.17. The quantitative estimate of drug-likeness (QED) is 0.436. The summed E-state index contributed by atoms with van der Waals surface area (Å²) in [6.07, 6.45) is 1.68. The molecule has 33 heavy (non-hydrogen) atoms. The van der Waals surface area contributed by atoms with Crippen LogP contribution in [0.25, 0.3) is 21.8 Å².